The predicted molar refractivity (Wildman–Crippen MR) is 40.6 cm³/mol. The molecular weight excluding hydrogens is 160 g/mol. The minimum absolute atomic E-state index is 0.0439. The van der Waals surface area contributed by atoms with Crippen molar-refractivity contribution < 1.29 is 14.7 Å². The lowest BCUT2D eigenvalue weighted by atomic mass is 10.2. The van der Waals surface area contributed by atoms with E-state index in [1.165, 1.54) is 23.3 Å². The number of aromatic nitrogens is 2. The van der Waals surface area contributed by atoms with Crippen molar-refractivity contribution in [2.24, 2.45) is 0 Å². The van der Waals surface area contributed by atoms with E-state index in [0.717, 1.165) is 0 Å². The second-order valence-electron chi connectivity index (χ2n) is 2.03. The first kappa shape index (κ1) is 8.19. The fourth-order valence-corrected chi connectivity index (χ4v) is 0.679. The highest BCUT2D eigenvalue weighted by atomic mass is 16.4. The minimum Gasteiger partial charge on any atom is -0.475 e. The van der Waals surface area contributed by atoms with Gasteiger partial charge in [-0.1, -0.05) is 6.58 Å². The molecule has 1 rings (SSSR count). The molecule has 0 atom stereocenters. The van der Waals surface area contributed by atoms with Crippen LogP contribution in [0.25, 0.3) is 6.20 Å². The molecule has 1 aromatic rings. The summed E-state index contributed by atoms with van der Waals surface area (Å²) in [5.74, 6) is -2.46. The van der Waals surface area contributed by atoms with Gasteiger partial charge in [0.15, 0.2) is 0 Å². The Morgan fingerprint density at radius 3 is 2.75 bits per heavy atom. The van der Waals surface area contributed by atoms with E-state index in [4.69, 9.17) is 5.11 Å². The standard InChI is InChI=1S/C7H6N2O3/c1-2-9-4-5(3-8-9)6(10)7(11)12/h2-4H,1H2,(H,11,12). The van der Waals surface area contributed by atoms with E-state index in [-0.39, 0.29) is 5.56 Å². The van der Waals surface area contributed by atoms with Crippen molar-refractivity contribution in [3.05, 3.63) is 24.5 Å². The van der Waals surface area contributed by atoms with Crippen LogP contribution in [0, 0.1) is 0 Å². The van der Waals surface area contributed by atoms with Crippen LogP contribution in [0.2, 0.25) is 0 Å². The van der Waals surface area contributed by atoms with Gasteiger partial charge in [-0.15, -0.1) is 0 Å². The van der Waals surface area contributed by atoms with Gasteiger partial charge < -0.3 is 5.11 Å². The third-order valence-corrected chi connectivity index (χ3v) is 1.25. The number of nitrogens with zero attached hydrogens (tertiary/aromatic N) is 2. The molecule has 0 spiro atoms. The maximum atomic E-state index is 10.8. The number of carboxylic acids is 1. The van der Waals surface area contributed by atoms with Crippen LogP contribution in [0.1, 0.15) is 10.4 Å². The van der Waals surface area contributed by atoms with Crippen LogP contribution in [0.5, 0.6) is 0 Å². The second kappa shape index (κ2) is 3.00. The van der Waals surface area contributed by atoms with Crippen molar-refractivity contribution in [2.75, 3.05) is 0 Å². The molecule has 0 fully saturated rings. The highest BCUT2D eigenvalue weighted by Crippen LogP contribution is 1.98. The zero-order valence-corrected chi connectivity index (χ0v) is 6.10. The summed E-state index contributed by atoms with van der Waals surface area (Å²) in [7, 11) is 0. The van der Waals surface area contributed by atoms with Gasteiger partial charge in [0, 0.05) is 12.4 Å². The van der Waals surface area contributed by atoms with E-state index in [9.17, 15) is 9.59 Å². The molecule has 1 heterocycles. The lowest BCUT2D eigenvalue weighted by molar-refractivity contribution is -0.131. The van der Waals surface area contributed by atoms with Crippen LogP contribution in [0.3, 0.4) is 0 Å². The maximum absolute atomic E-state index is 10.8. The molecule has 0 aliphatic rings. The third-order valence-electron chi connectivity index (χ3n) is 1.25. The molecule has 1 aromatic heterocycles. The monoisotopic (exact) mass is 166 g/mol. The van der Waals surface area contributed by atoms with Crippen molar-refractivity contribution in [3.8, 4) is 0 Å². The molecule has 0 aliphatic heterocycles. The Labute approximate surface area is 67.9 Å². The predicted octanol–water partition coefficient (Wildman–Crippen LogP) is 0.251. The van der Waals surface area contributed by atoms with Crippen molar-refractivity contribution >= 4 is 18.0 Å². The summed E-state index contributed by atoms with van der Waals surface area (Å²) in [5, 5.41) is 12.0. The Morgan fingerprint density at radius 2 is 2.33 bits per heavy atom. The van der Waals surface area contributed by atoms with E-state index < -0.39 is 11.8 Å². The van der Waals surface area contributed by atoms with E-state index in [0.29, 0.717) is 0 Å². The lowest BCUT2D eigenvalue weighted by Crippen LogP contribution is -2.11. The lowest BCUT2D eigenvalue weighted by Gasteiger charge is -1.86. The first-order valence-corrected chi connectivity index (χ1v) is 3.09. The van der Waals surface area contributed by atoms with Gasteiger partial charge in [0.1, 0.15) is 0 Å². The number of carbonyl (C=O) groups is 2. The Kier molecular flexibility index (Phi) is 2.05. The summed E-state index contributed by atoms with van der Waals surface area (Å²) in [6.07, 6.45) is 3.83. The van der Waals surface area contributed by atoms with Gasteiger partial charge in [-0.2, -0.15) is 5.10 Å². The van der Waals surface area contributed by atoms with Crippen molar-refractivity contribution in [1.29, 1.82) is 0 Å². The molecule has 0 bridgehead atoms. The van der Waals surface area contributed by atoms with Crippen LogP contribution in [0.4, 0.5) is 0 Å². The van der Waals surface area contributed by atoms with E-state index in [1.807, 2.05) is 0 Å². The molecule has 0 radical (unpaired) electrons. The largest absolute Gasteiger partial charge is 0.475 e. The number of carboxylic acid groups (broad SMARTS) is 1. The fraction of sp³-hybridized carbons (Fsp3) is 0. The Balaban J connectivity index is 2.96. The zero-order valence-electron chi connectivity index (χ0n) is 6.10. The highest BCUT2D eigenvalue weighted by molar-refractivity contribution is 6.39. The minimum atomic E-state index is -1.49. The summed E-state index contributed by atoms with van der Waals surface area (Å²) in [6, 6.07) is 0. The first-order chi connectivity index (χ1) is 5.65. The van der Waals surface area contributed by atoms with Gasteiger partial charge in [-0.05, 0) is 0 Å². The number of carbonyl (C=O) groups excluding carboxylic acids is 1. The summed E-state index contributed by atoms with van der Waals surface area (Å²) < 4.78 is 1.26. The molecular formula is C7H6N2O3. The summed E-state index contributed by atoms with van der Waals surface area (Å²) >= 11 is 0. The third kappa shape index (κ3) is 1.39. The topological polar surface area (TPSA) is 72.2 Å². The smallest absolute Gasteiger partial charge is 0.377 e. The molecule has 0 amide bonds. The van der Waals surface area contributed by atoms with Crippen LogP contribution in [-0.2, 0) is 4.79 Å². The summed E-state index contributed by atoms with van der Waals surface area (Å²) in [4.78, 5) is 21.0. The normalized spacial score (nSPS) is 9.33. The van der Waals surface area contributed by atoms with Gasteiger partial charge >= 0.3 is 5.97 Å². The first-order valence-electron chi connectivity index (χ1n) is 3.09. The zero-order chi connectivity index (χ0) is 9.14. The number of Topliss-reactive ketones (excluding diaryl/α,β-unsaturated/α-hetero) is 1. The van der Waals surface area contributed by atoms with Gasteiger partial charge in [-0.25, -0.2) is 9.48 Å². The molecule has 0 saturated heterocycles. The fourth-order valence-electron chi connectivity index (χ4n) is 0.679. The molecule has 5 heteroatoms. The van der Waals surface area contributed by atoms with Gasteiger partial charge in [0.2, 0.25) is 0 Å². The Morgan fingerprint density at radius 1 is 1.67 bits per heavy atom. The summed E-state index contributed by atoms with van der Waals surface area (Å²) in [5.41, 5.74) is 0.0439. The molecule has 1 N–H and O–H groups in total. The molecule has 0 saturated carbocycles. The molecule has 12 heavy (non-hydrogen) atoms. The van der Waals surface area contributed by atoms with Gasteiger partial charge in [0.05, 0.1) is 11.8 Å². The van der Waals surface area contributed by atoms with Crippen molar-refractivity contribution in [3.63, 3.8) is 0 Å². The van der Waals surface area contributed by atoms with Gasteiger partial charge in [0.25, 0.3) is 5.78 Å². The quantitative estimate of drug-likeness (QED) is 0.516. The average Bonchev–Trinajstić information content (AvgIpc) is 2.50. The van der Waals surface area contributed by atoms with Crippen molar-refractivity contribution in [1.82, 2.24) is 9.78 Å². The van der Waals surface area contributed by atoms with Crippen LogP contribution < -0.4 is 0 Å². The summed E-state index contributed by atoms with van der Waals surface area (Å²) in [6.45, 7) is 3.39. The SMILES string of the molecule is C=Cn1cc(C(=O)C(=O)O)cn1. The van der Waals surface area contributed by atoms with Crippen LogP contribution in [0.15, 0.2) is 19.0 Å². The number of aliphatic carboxylic acids is 1. The molecule has 0 unspecified atom stereocenters. The number of hydrogen-bond donors (Lipinski definition) is 1. The Bertz CT molecular complexity index is 340. The number of ketones is 1. The van der Waals surface area contributed by atoms with Gasteiger partial charge in [-0.3, -0.25) is 4.79 Å². The van der Waals surface area contributed by atoms with E-state index in [2.05, 4.69) is 11.7 Å². The second-order valence-corrected chi connectivity index (χ2v) is 2.03. The molecule has 0 aliphatic carbocycles. The highest BCUT2D eigenvalue weighted by Gasteiger charge is 2.15. The average molecular weight is 166 g/mol. The van der Waals surface area contributed by atoms with Crippen LogP contribution >= 0.6 is 0 Å². The molecule has 0 aromatic carbocycles. The Hall–Kier alpha value is -1.91. The van der Waals surface area contributed by atoms with Crippen molar-refractivity contribution in [2.45, 2.75) is 0 Å². The van der Waals surface area contributed by atoms with E-state index >= 15 is 0 Å². The van der Waals surface area contributed by atoms with E-state index in [1.54, 1.807) is 0 Å². The number of hydrogen-bond acceptors (Lipinski definition) is 3. The number of rotatable bonds is 3. The van der Waals surface area contributed by atoms with Crippen LogP contribution in [-0.4, -0.2) is 26.6 Å². The maximum Gasteiger partial charge on any atom is 0.377 e. The molecule has 5 nitrogen and oxygen atoms in total. The molecule has 62 valence electrons.